The molecule has 1 aromatic rings. The van der Waals surface area contributed by atoms with Gasteiger partial charge < -0.3 is 10.1 Å². The molecule has 1 heterocycles. The minimum atomic E-state index is 0.506. The standard InChI is InChI=1S/C13H22ClN3O/c1-4-7-18-12-8-11(3)16-13(17-12)15-9-10(2)5-6-14/h8,10H,4-7,9H2,1-3H3,(H,15,16,17). The molecule has 0 aliphatic rings. The Kier molecular flexibility index (Phi) is 6.80. The molecule has 0 fully saturated rings. The van der Waals surface area contributed by atoms with Crippen LogP contribution in [0.25, 0.3) is 0 Å². The topological polar surface area (TPSA) is 47.0 Å². The molecule has 0 radical (unpaired) electrons. The van der Waals surface area contributed by atoms with Crippen molar-refractivity contribution in [3.05, 3.63) is 11.8 Å². The Morgan fingerprint density at radius 3 is 2.89 bits per heavy atom. The van der Waals surface area contributed by atoms with Crippen LogP contribution >= 0.6 is 11.6 Å². The number of aryl methyl sites for hydroxylation is 1. The average Bonchev–Trinajstić information content (AvgIpc) is 2.34. The van der Waals surface area contributed by atoms with E-state index in [9.17, 15) is 0 Å². The van der Waals surface area contributed by atoms with Crippen molar-refractivity contribution in [2.24, 2.45) is 5.92 Å². The number of nitrogens with zero attached hydrogens (tertiary/aromatic N) is 2. The van der Waals surface area contributed by atoms with Gasteiger partial charge in [-0.1, -0.05) is 13.8 Å². The summed E-state index contributed by atoms with van der Waals surface area (Å²) in [5, 5.41) is 3.23. The minimum absolute atomic E-state index is 0.506. The van der Waals surface area contributed by atoms with E-state index >= 15 is 0 Å². The van der Waals surface area contributed by atoms with Crippen molar-refractivity contribution in [3.63, 3.8) is 0 Å². The summed E-state index contributed by atoms with van der Waals surface area (Å²) in [6, 6.07) is 1.85. The van der Waals surface area contributed by atoms with Gasteiger partial charge in [0.15, 0.2) is 0 Å². The molecule has 102 valence electrons. The lowest BCUT2D eigenvalue weighted by Gasteiger charge is -2.12. The van der Waals surface area contributed by atoms with Gasteiger partial charge >= 0.3 is 0 Å². The third-order valence-corrected chi connectivity index (χ3v) is 2.71. The molecule has 1 rings (SSSR count). The number of ether oxygens (including phenoxy) is 1. The highest BCUT2D eigenvalue weighted by atomic mass is 35.5. The Morgan fingerprint density at radius 2 is 2.22 bits per heavy atom. The van der Waals surface area contributed by atoms with E-state index < -0.39 is 0 Å². The maximum Gasteiger partial charge on any atom is 0.226 e. The van der Waals surface area contributed by atoms with Crippen LogP contribution in [0, 0.1) is 12.8 Å². The third-order valence-electron chi connectivity index (χ3n) is 2.50. The second-order valence-corrected chi connectivity index (χ2v) is 4.86. The maximum atomic E-state index is 5.71. The highest BCUT2D eigenvalue weighted by Gasteiger charge is 2.05. The van der Waals surface area contributed by atoms with Gasteiger partial charge in [-0.05, 0) is 25.7 Å². The van der Waals surface area contributed by atoms with Gasteiger partial charge in [-0.3, -0.25) is 0 Å². The summed E-state index contributed by atoms with van der Waals surface area (Å²) in [6.07, 6.45) is 1.96. The molecule has 0 spiro atoms. The molecular formula is C13H22ClN3O. The Labute approximate surface area is 114 Å². The highest BCUT2D eigenvalue weighted by Crippen LogP contribution is 2.13. The molecule has 18 heavy (non-hydrogen) atoms. The van der Waals surface area contributed by atoms with Gasteiger partial charge in [-0.2, -0.15) is 4.98 Å². The third kappa shape index (κ3) is 5.54. The van der Waals surface area contributed by atoms with Crippen molar-refractivity contribution < 1.29 is 4.74 Å². The fourth-order valence-electron chi connectivity index (χ4n) is 1.45. The predicted octanol–water partition coefficient (Wildman–Crippen LogP) is 3.25. The van der Waals surface area contributed by atoms with Crippen LogP contribution in [0.1, 0.15) is 32.4 Å². The van der Waals surface area contributed by atoms with E-state index in [0.717, 1.165) is 25.1 Å². The van der Waals surface area contributed by atoms with E-state index in [0.29, 0.717) is 30.2 Å². The monoisotopic (exact) mass is 271 g/mol. The van der Waals surface area contributed by atoms with Gasteiger partial charge in [-0.25, -0.2) is 4.98 Å². The number of rotatable bonds is 8. The molecule has 5 heteroatoms. The summed E-state index contributed by atoms with van der Waals surface area (Å²) in [4.78, 5) is 8.66. The predicted molar refractivity (Wildman–Crippen MR) is 75.5 cm³/mol. The van der Waals surface area contributed by atoms with Crippen molar-refractivity contribution in [3.8, 4) is 5.88 Å². The molecule has 0 aromatic carbocycles. The van der Waals surface area contributed by atoms with E-state index in [1.807, 2.05) is 13.0 Å². The lowest BCUT2D eigenvalue weighted by atomic mass is 10.1. The first-order valence-corrected chi connectivity index (χ1v) is 6.97. The molecule has 0 bridgehead atoms. The van der Waals surface area contributed by atoms with Gasteiger partial charge in [0.25, 0.3) is 0 Å². The van der Waals surface area contributed by atoms with Crippen LogP contribution in [0.4, 0.5) is 5.95 Å². The smallest absolute Gasteiger partial charge is 0.226 e. The van der Waals surface area contributed by atoms with Crippen LogP contribution in [0.15, 0.2) is 6.07 Å². The van der Waals surface area contributed by atoms with E-state index in [2.05, 4.69) is 29.1 Å². The number of halogens is 1. The summed E-state index contributed by atoms with van der Waals surface area (Å²) in [7, 11) is 0. The van der Waals surface area contributed by atoms with Crippen LogP contribution in [0.2, 0.25) is 0 Å². The fourth-order valence-corrected chi connectivity index (χ4v) is 1.83. The molecule has 1 atom stereocenters. The number of hydrogen-bond donors (Lipinski definition) is 1. The van der Waals surface area contributed by atoms with Crippen molar-refractivity contribution >= 4 is 17.5 Å². The number of nitrogens with one attached hydrogen (secondary N) is 1. The van der Waals surface area contributed by atoms with Gasteiger partial charge in [0.1, 0.15) is 0 Å². The first-order valence-electron chi connectivity index (χ1n) is 6.44. The van der Waals surface area contributed by atoms with Crippen LogP contribution in [-0.2, 0) is 0 Å². The zero-order chi connectivity index (χ0) is 13.4. The number of aromatic nitrogens is 2. The van der Waals surface area contributed by atoms with Crippen LogP contribution < -0.4 is 10.1 Å². The Balaban J connectivity index is 2.56. The van der Waals surface area contributed by atoms with E-state index in [4.69, 9.17) is 16.3 Å². The minimum Gasteiger partial charge on any atom is -0.478 e. The fraction of sp³-hybridized carbons (Fsp3) is 0.692. The number of hydrogen-bond acceptors (Lipinski definition) is 4. The molecular weight excluding hydrogens is 250 g/mol. The molecule has 0 saturated heterocycles. The van der Waals surface area contributed by atoms with Crippen molar-refractivity contribution in [1.82, 2.24) is 9.97 Å². The maximum absolute atomic E-state index is 5.71. The summed E-state index contributed by atoms with van der Waals surface area (Å²) < 4.78 is 5.52. The zero-order valence-electron chi connectivity index (χ0n) is 11.4. The summed E-state index contributed by atoms with van der Waals surface area (Å²) in [5.74, 6) is 2.45. The van der Waals surface area contributed by atoms with E-state index in [1.54, 1.807) is 0 Å². The van der Waals surface area contributed by atoms with Gasteiger partial charge in [-0.15, -0.1) is 11.6 Å². The lowest BCUT2D eigenvalue weighted by molar-refractivity contribution is 0.305. The second-order valence-electron chi connectivity index (χ2n) is 4.48. The quantitative estimate of drug-likeness (QED) is 0.738. The van der Waals surface area contributed by atoms with Gasteiger partial charge in [0.05, 0.1) is 6.61 Å². The molecule has 0 aliphatic carbocycles. The molecule has 0 saturated carbocycles. The largest absolute Gasteiger partial charge is 0.478 e. The summed E-state index contributed by atoms with van der Waals surface area (Å²) in [5.41, 5.74) is 0.906. The molecule has 1 N–H and O–H groups in total. The van der Waals surface area contributed by atoms with Gasteiger partial charge in [0.2, 0.25) is 11.8 Å². The van der Waals surface area contributed by atoms with Crippen molar-refractivity contribution in [2.45, 2.75) is 33.6 Å². The van der Waals surface area contributed by atoms with Crippen molar-refractivity contribution in [1.29, 1.82) is 0 Å². The Hall–Kier alpha value is -1.03. The number of alkyl halides is 1. The molecule has 0 aliphatic heterocycles. The highest BCUT2D eigenvalue weighted by molar-refractivity contribution is 6.17. The number of anilines is 1. The summed E-state index contributed by atoms with van der Waals surface area (Å²) in [6.45, 7) is 7.66. The zero-order valence-corrected chi connectivity index (χ0v) is 12.1. The van der Waals surface area contributed by atoms with Crippen LogP contribution in [0.5, 0.6) is 5.88 Å². The molecule has 0 amide bonds. The second kappa shape index (κ2) is 8.14. The average molecular weight is 272 g/mol. The first-order chi connectivity index (χ1) is 8.65. The normalized spacial score (nSPS) is 12.2. The molecule has 1 unspecified atom stereocenters. The van der Waals surface area contributed by atoms with Crippen LogP contribution in [0.3, 0.4) is 0 Å². The molecule has 4 nitrogen and oxygen atoms in total. The van der Waals surface area contributed by atoms with Gasteiger partial charge in [0, 0.05) is 24.2 Å². The van der Waals surface area contributed by atoms with Crippen molar-refractivity contribution in [2.75, 3.05) is 24.3 Å². The first kappa shape index (κ1) is 15.0. The Bertz CT molecular complexity index is 360. The van der Waals surface area contributed by atoms with E-state index in [-0.39, 0.29) is 0 Å². The Morgan fingerprint density at radius 1 is 1.44 bits per heavy atom. The lowest BCUT2D eigenvalue weighted by Crippen LogP contribution is -2.14. The van der Waals surface area contributed by atoms with Crippen LogP contribution in [-0.4, -0.2) is 29.0 Å². The SMILES string of the molecule is CCCOc1cc(C)nc(NCC(C)CCCl)n1. The molecule has 1 aromatic heterocycles. The van der Waals surface area contributed by atoms with E-state index in [1.165, 1.54) is 0 Å². The summed E-state index contributed by atoms with van der Waals surface area (Å²) >= 11 is 5.71.